The van der Waals surface area contributed by atoms with Crippen LogP contribution >= 0.6 is 0 Å². The number of imide groups is 1. The van der Waals surface area contributed by atoms with E-state index in [9.17, 15) is 14.4 Å². The van der Waals surface area contributed by atoms with Gasteiger partial charge in [-0.3, -0.25) is 19.3 Å². The number of rotatable bonds is 5. The number of ether oxygens (including phenoxy) is 2. The number of fused-ring (bicyclic) bond motifs is 1. The number of hydrogen-bond acceptors (Lipinski definition) is 5. The van der Waals surface area contributed by atoms with Crippen molar-refractivity contribution in [2.75, 3.05) is 26.1 Å². The van der Waals surface area contributed by atoms with Gasteiger partial charge in [0.05, 0.1) is 31.0 Å². The second-order valence-corrected chi connectivity index (χ2v) is 5.64. The van der Waals surface area contributed by atoms with E-state index in [-0.39, 0.29) is 29.5 Å². The summed E-state index contributed by atoms with van der Waals surface area (Å²) in [7, 11) is 3.02. The van der Waals surface area contributed by atoms with Crippen molar-refractivity contribution in [1.29, 1.82) is 0 Å². The number of nitrogens with zero attached hydrogens (tertiary/aromatic N) is 1. The van der Waals surface area contributed by atoms with Crippen LogP contribution in [0.4, 0.5) is 5.69 Å². The van der Waals surface area contributed by atoms with Gasteiger partial charge < -0.3 is 14.8 Å². The third-order valence-corrected chi connectivity index (χ3v) is 4.20. The zero-order chi connectivity index (χ0) is 18.8. The number of anilines is 1. The monoisotopic (exact) mass is 354 g/mol. The smallest absolute Gasteiger partial charge is 0.261 e. The van der Waals surface area contributed by atoms with Gasteiger partial charge in [0.1, 0.15) is 11.5 Å². The number of carbonyl (C=O) groups excluding carboxylic acids is 3. The van der Waals surface area contributed by atoms with Crippen LogP contribution in [0.1, 0.15) is 38.0 Å². The third kappa shape index (κ3) is 2.88. The Hall–Kier alpha value is -3.35. The van der Waals surface area contributed by atoms with Crippen molar-refractivity contribution in [1.82, 2.24) is 4.90 Å². The van der Waals surface area contributed by atoms with Crippen molar-refractivity contribution < 1.29 is 23.9 Å². The Bertz CT molecular complexity index is 907. The lowest BCUT2D eigenvalue weighted by molar-refractivity contribution is 0.0662. The van der Waals surface area contributed by atoms with Gasteiger partial charge in [0.25, 0.3) is 17.7 Å². The van der Waals surface area contributed by atoms with E-state index in [0.717, 1.165) is 4.90 Å². The summed E-state index contributed by atoms with van der Waals surface area (Å²) >= 11 is 0. The van der Waals surface area contributed by atoms with Crippen LogP contribution in [0.3, 0.4) is 0 Å². The molecular weight excluding hydrogens is 336 g/mol. The van der Waals surface area contributed by atoms with Crippen LogP contribution in [0.25, 0.3) is 0 Å². The molecule has 2 aromatic carbocycles. The van der Waals surface area contributed by atoms with Crippen LogP contribution in [-0.2, 0) is 0 Å². The van der Waals surface area contributed by atoms with E-state index < -0.39 is 5.91 Å². The molecule has 1 N–H and O–H groups in total. The summed E-state index contributed by atoms with van der Waals surface area (Å²) in [6, 6.07) is 9.49. The Kier molecular flexibility index (Phi) is 4.62. The molecule has 0 atom stereocenters. The van der Waals surface area contributed by atoms with E-state index in [1.54, 1.807) is 25.1 Å². The molecule has 0 spiro atoms. The molecule has 1 heterocycles. The summed E-state index contributed by atoms with van der Waals surface area (Å²) in [4.78, 5) is 38.2. The van der Waals surface area contributed by atoms with E-state index in [2.05, 4.69) is 5.32 Å². The van der Waals surface area contributed by atoms with Crippen molar-refractivity contribution >= 4 is 23.4 Å². The molecule has 0 bridgehead atoms. The number of carbonyl (C=O) groups is 3. The maximum atomic E-state index is 12.6. The van der Waals surface area contributed by atoms with Crippen molar-refractivity contribution in [3.63, 3.8) is 0 Å². The first-order valence-electron chi connectivity index (χ1n) is 8.03. The molecule has 0 aliphatic carbocycles. The second kappa shape index (κ2) is 6.87. The lowest BCUT2D eigenvalue weighted by Crippen LogP contribution is -2.29. The van der Waals surface area contributed by atoms with Gasteiger partial charge in [-0.05, 0) is 37.3 Å². The summed E-state index contributed by atoms with van der Waals surface area (Å²) in [6.45, 7) is 2.01. The predicted octanol–water partition coefficient (Wildman–Crippen LogP) is 2.57. The average Bonchev–Trinajstić information content (AvgIpc) is 2.91. The Labute approximate surface area is 150 Å². The molecule has 2 aromatic rings. The topological polar surface area (TPSA) is 84.9 Å². The van der Waals surface area contributed by atoms with E-state index in [0.29, 0.717) is 22.7 Å². The van der Waals surface area contributed by atoms with Crippen LogP contribution < -0.4 is 14.8 Å². The summed E-state index contributed by atoms with van der Waals surface area (Å²) in [5.74, 6) is -0.109. The highest BCUT2D eigenvalue weighted by atomic mass is 16.5. The van der Waals surface area contributed by atoms with Crippen molar-refractivity contribution in [2.45, 2.75) is 6.92 Å². The number of benzene rings is 2. The van der Waals surface area contributed by atoms with Gasteiger partial charge in [0, 0.05) is 18.2 Å². The largest absolute Gasteiger partial charge is 0.497 e. The molecule has 0 aromatic heterocycles. The Balaban J connectivity index is 1.90. The second-order valence-electron chi connectivity index (χ2n) is 5.64. The number of hydrogen-bond donors (Lipinski definition) is 1. The minimum absolute atomic E-state index is 0.238. The van der Waals surface area contributed by atoms with Gasteiger partial charge in [-0.15, -0.1) is 0 Å². The highest BCUT2D eigenvalue weighted by Gasteiger charge is 2.34. The van der Waals surface area contributed by atoms with Crippen LogP contribution in [0.15, 0.2) is 36.4 Å². The van der Waals surface area contributed by atoms with Crippen molar-refractivity contribution in [3.05, 3.63) is 53.1 Å². The molecule has 7 heteroatoms. The van der Waals surface area contributed by atoms with E-state index >= 15 is 0 Å². The molecule has 0 radical (unpaired) electrons. The van der Waals surface area contributed by atoms with Crippen LogP contribution in [0.2, 0.25) is 0 Å². The normalized spacial score (nSPS) is 12.8. The number of methoxy groups -OCH3 is 2. The highest BCUT2D eigenvalue weighted by Crippen LogP contribution is 2.30. The quantitative estimate of drug-likeness (QED) is 0.834. The molecule has 26 heavy (non-hydrogen) atoms. The van der Waals surface area contributed by atoms with Crippen LogP contribution in [0.5, 0.6) is 11.5 Å². The van der Waals surface area contributed by atoms with Crippen LogP contribution in [-0.4, -0.2) is 43.4 Å². The van der Waals surface area contributed by atoms with E-state index in [1.165, 1.54) is 32.4 Å². The highest BCUT2D eigenvalue weighted by molar-refractivity contribution is 6.22. The van der Waals surface area contributed by atoms with Gasteiger partial charge in [-0.25, -0.2) is 0 Å². The summed E-state index contributed by atoms with van der Waals surface area (Å²) in [5.41, 5.74) is 1.26. The molecule has 7 nitrogen and oxygen atoms in total. The molecule has 0 saturated heterocycles. The summed E-state index contributed by atoms with van der Waals surface area (Å²) in [5, 5.41) is 2.74. The fourth-order valence-electron chi connectivity index (χ4n) is 2.83. The summed E-state index contributed by atoms with van der Waals surface area (Å²) in [6.07, 6.45) is 0. The lowest BCUT2D eigenvalue weighted by Gasteiger charge is -2.12. The molecule has 1 aliphatic rings. The summed E-state index contributed by atoms with van der Waals surface area (Å²) < 4.78 is 10.4. The SMILES string of the molecule is CCN1C(=O)c2ccc(C(=O)Nc3cc(OC)ccc3OC)cc2C1=O. The van der Waals surface area contributed by atoms with Crippen molar-refractivity contribution in [3.8, 4) is 11.5 Å². The minimum Gasteiger partial charge on any atom is -0.497 e. The van der Waals surface area contributed by atoms with Crippen LogP contribution in [0, 0.1) is 0 Å². The minimum atomic E-state index is -0.422. The maximum Gasteiger partial charge on any atom is 0.261 e. The molecule has 0 unspecified atom stereocenters. The zero-order valence-corrected chi connectivity index (χ0v) is 14.7. The van der Waals surface area contributed by atoms with Gasteiger partial charge in [-0.1, -0.05) is 0 Å². The van der Waals surface area contributed by atoms with Gasteiger partial charge in [-0.2, -0.15) is 0 Å². The number of nitrogens with one attached hydrogen (secondary N) is 1. The van der Waals surface area contributed by atoms with E-state index in [4.69, 9.17) is 9.47 Å². The first kappa shape index (κ1) is 17.5. The first-order chi connectivity index (χ1) is 12.5. The molecule has 3 rings (SSSR count). The maximum absolute atomic E-state index is 12.6. The molecular formula is C19H18N2O5. The third-order valence-electron chi connectivity index (χ3n) is 4.20. The Morgan fingerprint density at radius 3 is 2.38 bits per heavy atom. The molecule has 1 aliphatic heterocycles. The number of amides is 3. The van der Waals surface area contributed by atoms with E-state index in [1.807, 2.05) is 0 Å². The molecule has 0 fully saturated rings. The zero-order valence-electron chi connectivity index (χ0n) is 14.7. The fourth-order valence-corrected chi connectivity index (χ4v) is 2.83. The standard InChI is InChI=1S/C19H18N2O5/c1-4-21-18(23)13-7-5-11(9-14(13)19(21)24)17(22)20-15-10-12(25-2)6-8-16(15)26-3/h5-10H,4H2,1-3H3,(H,20,22). The molecule has 0 saturated carbocycles. The first-order valence-corrected chi connectivity index (χ1v) is 8.03. The molecule has 3 amide bonds. The van der Waals surface area contributed by atoms with Gasteiger partial charge in [0.2, 0.25) is 0 Å². The molecule has 134 valence electrons. The lowest BCUT2D eigenvalue weighted by atomic mass is 10.1. The Morgan fingerprint density at radius 1 is 1.00 bits per heavy atom. The predicted molar refractivity (Wildman–Crippen MR) is 95.0 cm³/mol. The average molecular weight is 354 g/mol. The fraction of sp³-hybridized carbons (Fsp3) is 0.211. The van der Waals surface area contributed by atoms with Gasteiger partial charge in [0.15, 0.2) is 0 Å². The van der Waals surface area contributed by atoms with Gasteiger partial charge >= 0.3 is 0 Å². The Morgan fingerprint density at radius 2 is 1.73 bits per heavy atom. The van der Waals surface area contributed by atoms with Crippen molar-refractivity contribution in [2.24, 2.45) is 0 Å².